The van der Waals surface area contributed by atoms with Crippen molar-refractivity contribution in [3.63, 3.8) is 0 Å². The molecule has 9 heteroatoms. The lowest BCUT2D eigenvalue weighted by Crippen LogP contribution is -2.36. The molecule has 1 aliphatic heterocycles. The number of rotatable bonds is 7. The highest BCUT2D eigenvalue weighted by atomic mass is 35.5. The Bertz CT molecular complexity index is 1260. The SMILES string of the molecule is O=C(CN1C(=O)S/C(=C\c2ccc(OCc3ccc(Cl)c(Cl)c3)cc2)C1=O)Nc1ccccc1. The van der Waals surface area contributed by atoms with E-state index in [-0.39, 0.29) is 11.4 Å². The Labute approximate surface area is 210 Å². The molecule has 1 aliphatic rings. The first kappa shape index (κ1) is 23.9. The van der Waals surface area contributed by atoms with Gasteiger partial charge in [0.2, 0.25) is 5.91 Å². The smallest absolute Gasteiger partial charge is 0.294 e. The van der Waals surface area contributed by atoms with E-state index in [0.29, 0.717) is 28.1 Å². The second-order valence-corrected chi connectivity index (χ2v) is 9.10. The number of halogens is 2. The molecule has 34 heavy (non-hydrogen) atoms. The summed E-state index contributed by atoms with van der Waals surface area (Å²) in [5, 5.41) is 3.13. The molecule has 0 unspecified atom stereocenters. The summed E-state index contributed by atoms with van der Waals surface area (Å²) in [7, 11) is 0. The number of hydrogen-bond acceptors (Lipinski definition) is 5. The molecule has 1 fully saturated rings. The second-order valence-electron chi connectivity index (χ2n) is 7.29. The zero-order valence-corrected chi connectivity index (χ0v) is 20.0. The minimum Gasteiger partial charge on any atom is -0.489 e. The number of hydrogen-bond donors (Lipinski definition) is 1. The van der Waals surface area contributed by atoms with Gasteiger partial charge in [0.1, 0.15) is 18.9 Å². The summed E-state index contributed by atoms with van der Waals surface area (Å²) in [5.41, 5.74) is 2.20. The summed E-state index contributed by atoms with van der Waals surface area (Å²) in [6.07, 6.45) is 1.61. The van der Waals surface area contributed by atoms with Crippen LogP contribution in [-0.2, 0) is 16.2 Å². The van der Waals surface area contributed by atoms with E-state index in [0.717, 1.165) is 27.8 Å². The van der Waals surface area contributed by atoms with Gasteiger partial charge in [0.25, 0.3) is 11.1 Å². The van der Waals surface area contributed by atoms with Crippen molar-refractivity contribution in [2.24, 2.45) is 0 Å². The van der Waals surface area contributed by atoms with Gasteiger partial charge in [0.15, 0.2) is 0 Å². The molecule has 0 aromatic heterocycles. The van der Waals surface area contributed by atoms with Crippen LogP contribution < -0.4 is 10.1 Å². The van der Waals surface area contributed by atoms with Crippen LogP contribution in [0.15, 0.2) is 77.7 Å². The number of imide groups is 1. The highest BCUT2D eigenvalue weighted by molar-refractivity contribution is 8.18. The highest BCUT2D eigenvalue weighted by Gasteiger charge is 2.36. The Hall–Kier alpha value is -3.26. The first-order valence-corrected chi connectivity index (χ1v) is 11.7. The van der Waals surface area contributed by atoms with Gasteiger partial charge >= 0.3 is 0 Å². The fraction of sp³-hybridized carbons (Fsp3) is 0.0800. The number of nitrogens with zero attached hydrogens (tertiary/aromatic N) is 1. The predicted octanol–water partition coefficient (Wildman–Crippen LogP) is 6.25. The third-order valence-electron chi connectivity index (χ3n) is 4.80. The number of anilines is 1. The van der Waals surface area contributed by atoms with E-state index in [2.05, 4.69) is 5.32 Å². The molecule has 1 saturated heterocycles. The van der Waals surface area contributed by atoms with Crippen LogP contribution in [0.25, 0.3) is 6.08 Å². The lowest BCUT2D eigenvalue weighted by atomic mass is 10.2. The zero-order valence-electron chi connectivity index (χ0n) is 17.7. The van der Waals surface area contributed by atoms with Crippen LogP contribution in [0, 0.1) is 0 Å². The lowest BCUT2D eigenvalue weighted by Gasteiger charge is -2.12. The molecule has 4 rings (SSSR count). The van der Waals surface area contributed by atoms with Gasteiger partial charge in [-0.25, -0.2) is 0 Å². The molecule has 1 heterocycles. The molecule has 0 radical (unpaired) electrons. The molecule has 1 N–H and O–H groups in total. The standard InChI is InChI=1S/C25H18Cl2N2O4S/c26-20-11-8-17(12-21(20)27)15-33-19-9-6-16(7-10-19)13-22-24(31)29(25(32)34-22)14-23(30)28-18-4-2-1-3-5-18/h1-13H,14-15H2,(H,28,30)/b22-13-. The summed E-state index contributed by atoms with van der Waals surface area (Å²) in [6.45, 7) is -0.0292. The van der Waals surface area contributed by atoms with Crippen LogP contribution >= 0.6 is 35.0 Å². The van der Waals surface area contributed by atoms with Crippen molar-refractivity contribution in [3.05, 3.63) is 98.9 Å². The number of para-hydroxylation sites is 1. The highest BCUT2D eigenvalue weighted by Crippen LogP contribution is 2.32. The number of benzene rings is 3. The molecular weight excluding hydrogens is 495 g/mol. The van der Waals surface area contributed by atoms with E-state index in [4.69, 9.17) is 27.9 Å². The molecule has 3 aromatic rings. The molecule has 0 atom stereocenters. The maximum absolute atomic E-state index is 12.7. The number of thioether (sulfide) groups is 1. The van der Waals surface area contributed by atoms with Gasteiger partial charge in [-0.1, -0.05) is 59.6 Å². The van der Waals surface area contributed by atoms with E-state index >= 15 is 0 Å². The lowest BCUT2D eigenvalue weighted by molar-refractivity contribution is -0.127. The van der Waals surface area contributed by atoms with Gasteiger partial charge in [0, 0.05) is 5.69 Å². The van der Waals surface area contributed by atoms with Gasteiger partial charge in [-0.2, -0.15) is 0 Å². The molecule has 172 valence electrons. The van der Waals surface area contributed by atoms with E-state index < -0.39 is 17.1 Å². The normalized spacial score (nSPS) is 14.5. The van der Waals surface area contributed by atoms with Crippen LogP contribution in [-0.4, -0.2) is 28.5 Å². The second kappa shape index (κ2) is 10.8. The maximum atomic E-state index is 12.7. The minimum absolute atomic E-state index is 0.252. The molecule has 6 nitrogen and oxygen atoms in total. The third kappa shape index (κ3) is 5.99. The van der Waals surface area contributed by atoms with E-state index in [1.807, 2.05) is 12.1 Å². The van der Waals surface area contributed by atoms with Crippen LogP contribution in [0.4, 0.5) is 10.5 Å². The monoisotopic (exact) mass is 512 g/mol. The topological polar surface area (TPSA) is 75.7 Å². The third-order valence-corrected chi connectivity index (χ3v) is 6.45. The van der Waals surface area contributed by atoms with E-state index in [1.54, 1.807) is 66.7 Å². The Balaban J connectivity index is 1.35. The summed E-state index contributed by atoms with van der Waals surface area (Å²) in [6, 6.07) is 21.2. The largest absolute Gasteiger partial charge is 0.489 e. The molecule has 0 aliphatic carbocycles. The number of ether oxygens (including phenoxy) is 1. The van der Waals surface area contributed by atoms with Gasteiger partial charge in [-0.15, -0.1) is 0 Å². The molecule has 0 spiro atoms. The predicted molar refractivity (Wildman–Crippen MR) is 135 cm³/mol. The molecule has 3 amide bonds. The van der Waals surface area contributed by atoms with Crippen molar-refractivity contribution in [2.75, 3.05) is 11.9 Å². The Morgan fingerprint density at radius 1 is 0.971 bits per heavy atom. The number of nitrogens with one attached hydrogen (secondary N) is 1. The van der Waals surface area contributed by atoms with E-state index in [9.17, 15) is 14.4 Å². The van der Waals surface area contributed by atoms with Crippen LogP contribution in [0.2, 0.25) is 10.0 Å². The summed E-state index contributed by atoms with van der Waals surface area (Å²) in [5.74, 6) is -0.315. The quantitative estimate of drug-likeness (QED) is 0.378. The Morgan fingerprint density at radius 3 is 2.41 bits per heavy atom. The van der Waals surface area contributed by atoms with Crippen LogP contribution in [0.3, 0.4) is 0 Å². The fourth-order valence-electron chi connectivity index (χ4n) is 3.11. The van der Waals surface area contributed by atoms with Gasteiger partial charge in [0.05, 0.1) is 15.0 Å². The first-order valence-electron chi connectivity index (χ1n) is 10.2. The van der Waals surface area contributed by atoms with Crippen molar-refractivity contribution in [1.29, 1.82) is 0 Å². The number of carbonyl (C=O) groups excluding carboxylic acids is 3. The molecule has 0 bridgehead atoms. The zero-order chi connectivity index (χ0) is 24.1. The van der Waals surface area contributed by atoms with E-state index in [1.165, 1.54) is 0 Å². The van der Waals surface area contributed by atoms with Crippen molar-refractivity contribution >= 4 is 63.8 Å². The first-order chi connectivity index (χ1) is 16.4. The van der Waals surface area contributed by atoms with Crippen LogP contribution in [0.5, 0.6) is 5.75 Å². The van der Waals surface area contributed by atoms with Crippen LogP contribution in [0.1, 0.15) is 11.1 Å². The van der Waals surface area contributed by atoms with Crippen molar-refractivity contribution < 1.29 is 19.1 Å². The van der Waals surface area contributed by atoms with Gasteiger partial charge in [-0.3, -0.25) is 19.3 Å². The molecular formula is C25H18Cl2N2O4S. The van der Waals surface area contributed by atoms with Crippen molar-refractivity contribution in [2.45, 2.75) is 6.61 Å². The summed E-state index contributed by atoms with van der Waals surface area (Å²) in [4.78, 5) is 38.4. The fourth-order valence-corrected chi connectivity index (χ4v) is 4.27. The van der Waals surface area contributed by atoms with Gasteiger partial charge < -0.3 is 10.1 Å². The minimum atomic E-state index is -0.502. The van der Waals surface area contributed by atoms with Crippen molar-refractivity contribution in [3.8, 4) is 5.75 Å². The average molecular weight is 513 g/mol. The van der Waals surface area contributed by atoms with Gasteiger partial charge in [-0.05, 0) is 65.4 Å². The van der Waals surface area contributed by atoms with Crippen molar-refractivity contribution in [1.82, 2.24) is 4.90 Å². The summed E-state index contributed by atoms with van der Waals surface area (Å²) >= 11 is 12.7. The Morgan fingerprint density at radius 2 is 1.71 bits per heavy atom. The maximum Gasteiger partial charge on any atom is 0.294 e. The number of amides is 3. The number of carbonyl (C=O) groups is 3. The molecule has 0 saturated carbocycles. The Kier molecular flexibility index (Phi) is 7.57. The average Bonchev–Trinajstić information content (AvgIpc) is 3.08. The summed E-state index contributed by atoms with van der Waals surface area (Å²) < 4.78 is 5.76. The molecule has 3 aromatic carbocycles.